The fraction of sp³-hybridized carbons (Fsp3) is 0.364. The average Bonchev–Trinajstić information content (AvgIpc) is 2.82. The monoisotopic (exact) mass is 231 g/mol. The van der Waals surface area contributed by atoms with Gasteiger partial charge in [-0.3, -0.25) is 0 Å². The predicted molar refractivity (Wildman–Crippen MR) is 64.3 cm³/mol. The van der Waals surface area contributed by atoms with Crippen LogP contribution in [0.2, 0.25) is 0 Å². The molecule has 0 amide bonds. The molecule has 6 nitrogen and oxygen atoms in total. The molecule has 0 radical (unpaired) electrons. The second kappa shape index (κ2) is 4.70. The van der Waals surface area contributed by atoms with Gasteiger partial charge in [-0.05, 0) is 29.4 Å². The molecule has 0 aliphatic carbocycles. The van der Waals surface area contributed by atoms with Gasteiger partial charge in [0.1, 0.15) is 0 Å². The minimum Gasteiger partial charge on any atom is -0.397 e. The highest BCUT2D eigenvalue weighted by Crippen LogP contribution is 2.28. The van der Waals surface area contributed by atoms with E-state index >= 15 is 0 Å². The van der Waals surface area contributed by atoms with Crippen LogP contribution in [0.4, 0.5) is 11.4 Å². The molecule has 1 aromatic carbocycles. The van der Waals surface area contributed by atoms with Crippen molar-refractivity contribution in [2.24, 2.45) is 0 Å². The second-order valence-electron chi connectivity index (χ2n) is 3.62. The van der Waals surface area contributed by atoms with E-state index in [0.29, 0.717) is 29.7 Å². The van der Waals surface area contributed by atoms with E-state index in [4.69, 9.17) is 15.6 Å². The smallest absolute Gasteiger partial charge is 0.160 e. The average molecular weight is 231 g/mol. The quantitative estimate of drug-likeness (QED) is 0.802. The first-order chi connectivity index (χ1) is 8.27. The summed E-state index contributed by atoms with van der Waals surface area (Å²) in [5.41, 5.74) is 8.43. The Morgan fingerprint density at radius 1 is 1.41 bits per heavy atom. The number of nitrogens with two attached hydrogens (primary N) is 1. The van der Waals surface area contributed by atoms with E-state index in [1.807, 2.05) is 13.0 Å². The van der Waals surface area contributed by atoms with Gasteiger partial charge in [0, 0.05) is 13.1 Å². The zero-order chi connectivity index (χ0) is 12.3. The van der Waals surface area contributed by atoms with E-state index in [9.17, 15) is 0 Å². The highest BCUT2D eigenvalue weighted by molar-refractivity contribution is 5.95. The van der Waals surface area contributed by atoms with E-state index in [-0.39, 0.29) is 0 Å². The van der Waals surface area contributed by atoms with Crippen LogP contribution >= 0.6 is 0 Å². The Kier molecular flexibility index (Phi) is 3.10. The number of rotatable bonds is 4. The summed E-state index contributed by atoms with van der Waals surface area (Å²) in [7, 11) is 0. The zero-order valence-electron chi connectivity index (χ0n) is 9.55. The van der Waals surface area contributed by atoms with Crippen molar-refractivity contribution in [1.29, 1.82) is 5.26 Å². The molecule has 2 aromatic rings. The van der Waals surface area contributed by atoms with Crippen molar-refractivity contribution >= 4 is 22.4 Å². The molecule has 0 spiro atoms. The first-order valence-corrected chi connectivity index (χ1v) is 5.40. The van der Waals surface area contributed by atoms with E-state index < -0.39 is 0 Å². The number of hydrogen-bond donors (Lipinski definition) is 1. The van der Waals surface area contributed by atoms with Crippen LogP contribution in [0.25, 0.3) is 11.0 Å². The SMILES string of the molecule is CCN(CCC#N)c1ccc(N)c2nonc12. The molecule has 0 unspecified atom stereocenters. The molecule has 2 N–H and O–H groups in total. The van der Waals surface area contributed by atoms with Crippen molar-refractivity contribution in [3.63, 3.8) is 0 Å². The van der Waals surface area contributed by atoms with Crippen molar-refractivity contribution in [1.82, 2.24) is 10.3 Å². The van der Waals surface area contributed by atoms with Crippen LogP contribution in [-0.2, 0) is 0 Å². The van der Waals surface area contributed by atoms with Gasteiger partial charge < -0.3 is 10.6 Å². The van der Waals surface area contributed by atoms with Crippen molar-refractivity contribution in [2.75, 3.05) is 23.7 Å². The maximum atomic E-state index is 8.63. The fourth-order valence-corrected chi connectivity index (χ4v) is 1.76. The third-order valence-electron chi connectivity index (χ3n) is 2.64. The minimum atomic E-state index is 0.463. The van der Waals surface area contributed by atoms with E-state index in [0.717, 1.165) is 12.2 Å². The van der Waals surface area contributed by atoms with Crippen LogP contribution in [0, 0.1) is 11.3 Å². The highest BCUT2D eigenvalue weighted by atomic mass is 16.6. The normalized spacial score (nSPS) is 10.4. The van der Waals surface area contributed by atoms with Gasteiger partial charge in [0.15, 0.2) is 11.0 Å². The van der Waals surface area contributed by atoms with E-state index in [1.165, 1.54) is 0 Å². The number of nitriles is 1. The number of fused-ring (bicyclic) bond motifs is 1. The van der Waals surface area contributed by atoms with Gasteiger partial charge in [-0.25, -0.2) is 4.63 Å². The topological polar surface area (TPSA) is 92.0 Å². The third-order valence-corrected chi connectivity index (χ3v) is 2.64. The Bertz CT molecular complexity index is 556. The molecule has 0 atom stereocenters. The lowest BCUT2D eigenvalue weighted by Gasteiger charge is -2.21. The van der Waals surface area contributed by atoms with Gasteiger partial charge in [-0.2, -0.15) is 5.26 Å². The lowest BCUT2D eigenvalue weighted by Crippen LogP contribution is -2.23. The lowest BCUT2D eigenvalue weighted by atomic mass is 10.2. The Morgan fingerprint density at radius 3 is 2.88 bits per heavy atom. The Hall–Kier alpha value is -2.29. The number of anilines is 2. The molecule has 2 rings (SSSR count). The molecule has 88 valence electrons. The number of nitrogen functional groups attached to an aromatic ring is 1. The summed E-state index contributed by atoms with van der Waals surface area (Å²) >= 11 is 0. The van der Waals surface area contributed by atoms with E-state index in [1.54, 1.807) is 6.07 Å². The van der Waals surface area contributed by atoms with Gasteiger partial charge in [-0.1, -0.05) is 0 Å². The van der Waals surface area contributed by atoms with Gasteiger partial charge in [0.05, 0.1) is 23.9 Å². The first-order valence-electron chi connectivity index (χ1n) is 5.40. The summed E-state index contributed by atoms with van der Waals surface area (Å²) in [6.45, 7) is 3.46. The van der Waals surface area contributed by atoms with Crippen molar-refractivity contribution in [2.45, 2.75) is 13.3 Å². The molecule has 17 heavy (non-hydrogen) atoms. The zero-order valence-corrected chi connectivity index (χ0v) is 9.55. The molecule has 0 saturated carbocycles. The maximum Gasteiger partial charge on any atom is 0.160 e. The molecule has 0 aliphatic rings. The van der Waals surface area contributed by atoms with Crippen LogP contribution < -0.4 is 10.6 Å². The number of aromatic nitrogens is 2. The Labute approximate surface area is 98.6 Å². The number of hydrogen-bond acceptors (Lipinski definition) is 6. The molecule has 0 saturated heterocycles. The van der Waals surface area contributed by atoms with Gasteiger partial charge in [0.25, 0.3) is 0 Å². The van der Waals surface area contributed by atoms with Crippen molar-refractivity contribution in [3.05, 3.63) is 12.1 Å². The number of nitrogens with zero attached hydrogens (tertiary/aromatic N) is 4. The van der Waals surface area contributed by atoms with Crippen LogP contribution in [0.5, 0.6) is 0 Å². The van der Waals surface area contributed by atoms with Crippen LogP contribution in [0.3, 0.4) is 0 Å². The number of benzene rings is 1. The summed E-state index contributed by atoms with van der Waals surface area (Å²) < 4.78 is 4.71. The summed E-state index contributed by atoms with van der Waals surface area (Å²) in [5, 5.41) is 16.3. The Morgan fingerprint density at radius 2 is 2.18 bits per heavy atom. The highest BCUT2D eigenvalue weighted by Gasteiger charge is 2.14. The standard InChI is InChI=1S/C11H13N5O/c1-2-16(7-3-6-12)9-5-4-8(13)10-11(9)15-17-14-10/h4-5H,2-3,7,13H2,1H3. The van der Waals surface area contributed by atoms with Crippen LogP contribution in [0.1, 0.15) is 13.3 Å². The lowest BCUT2D eigenvalue weighted by molar-refractivity contribution is 0.315. The van der Waals surface area contributed by atoms with Crippen molar-refractivity contribution < 1.29 is 4.63 Å². The summed E-state index contributed by atoms with van der Waals surface area (Å²) in [4.78, 5) is 2.05. The molecule has 0 aliphatic heterocycles. The molecule has 0 fully saturated rings. The second-order valence-corrected chi connectivity index (χ2v) is 3.62. The maximum absolute atomic E-state index is 8.63. The molecule has 6 heteroatoms. The van der Waals surface area contributed by atoms with Gasteiger partial charge >= 0.3 is 0 Å². The molecule has 1 heterocycles. The summed E-state index contributed by atoms with van der Waals surface area (Å²) in [6, 6.07) is 5.78. The van der Waals surface area contributed by atoms with Gasteiger partial charge in [-0.15, -0.1) is 0 Å². The molecular weight excluding hydrogens is 218 g/mol. The summed E-state index contributed by atoms with van der Waals surface area (Å²) in [6.07, 6.45) is 0.463. The van der Waals surface area contributed by atoms with Gasteiger partial charge in [0.2, 0.25) is 0 Å². The summed E-state index contributed by atoms with van der Waals surface area (Å²) in [5.74, 6) is 0. The minimum absolute atomic E-state index is 0.463. The van der Waals surface area contributed by atoms with Crippen LogP contribution in [-0.4, -0.2) is 23.4 Å². The largest absolute Gasteiger partial charge is 0.397 e. The first kappa shape index (κ1) is 11.2. The fourth-order valence-electron chi connectivity index (χ4n) is 1.76. The predicted octanol–water partition coefficient (Wildman–Crippen LogP) is 1.54. The Balaban J connectivity index is 2.43. The van der Waals surface area contributed by atoms with Crippen molar-refractivity contribution in [3.8, 4) is 6.07 Å². The molecule has 0 bridgehead atoms. The van der Waals surface area contributed by atoms with Crippen LogP contribution in [0.15, 0.2) is 16.8 Å². The van der Waals surface area contributed by atoms with E-state index in [2.05, 4.69) is 21.3 Å². The third kappa shape index (κ3) is 1.99. The molecular formula is C11H13N5O. The molecule has 1 aromatic heterocycles.